The van der Waals surface area contributed by atoms with Gasteiger partial charge in [-0.3, -0.25) is 0 Å². The van der Waals surface area contributed by atoms with Crippen LogP contribution >= 0.6 is 11.8 Å². The zero-order valence-electron chi connectivity index (χ0n) is 12.5. The first kappa shape index (κ1) is 16.6. The van der Waals surface area contributed by atoms with Crippen molar-refractivity contribution in [1.82, 2.24) is 4.72 Å². The maximum absolute atomic E-state index is 12.3. The highest BCUT2D eigenvalue weighted by Crippen LogP contribution is 2.26. The van der Waals surface area contributed by atoms with E-state index in [2.05, 4.69) is 10.0 Å². The zero-order chi connectivity index (χ0) is 15.1. The Kier molecular flexibility index (Phi) is 6.39. The predicted molar refractivity (Wildman–Crippen MR) is 90.5 cm³/mol. The molecular weight excluding hydrogens is 304 g/mol. The van der Waals surface area contributed by atoms with Gasteiger partial charge < -0.3 is 5.32 Å². The average Bonchev–Trinajstić information content (AvgIpc) is 2.52. The number of hydrogen-bond donors (Lipinski definition) is 2. The molecule has 0 aliphatic carbocycles. The molecule has 0 saturated carbocycles. The molecule has 118 valence electrons. The molecule has 0 bridgehead atoms. The van der Waals surface area contributed by atoms with E-state index in [4.69, 9.17) is 0 Å². The van der Waals surface area contributed by atoms with Crippen LogP contribution in [-0.2, 0) is 10.0 Å². The summed E-state index contributed by atoms with van der Waals surface area (Å²) >= 11 is 1.98. The standard InChI is InChI=1S/C15H24N2O2S2/c1-2-10-17-21(18,19)15-9-4-3-8-14(15)16-12-13-7-5-6-11-20-13/h3-4,8-9,13,16-17H,2,5-7,10-12H2,1H3. The molecule has 0 aromatic heterocycles. The molecule has 2 rings (SSSR count). The van der Waals surface area contributed by atoms with Crippen LogP contribution in [0.5, 0.6) is 0 Å². The maximum Gasteiger partial charge on any atom is 0.242 e. The number of anilines is 1. The van der Waals surface area contributed by atoms with Crippen LogP contribution in [0.2, 0.25) is 0 Å². The van der Waals surface area contributed by atoms with Crippen molar-refractivity contribution >= 4 is 27.5 Å². The molecule has 1 atom stereocenters. The molecule has 4 nitrogen and oxygen atoms in total. The number of para-hydroxylation sites is 1. The third-order valence-electron chi connectivity index (χ3n) is 3.51. The van der Waals surface area contributed by atoms with E-state index in [0.29, 0.717) is 22.4 Å². The summed E-state index contributed by atoms with van der Waals surface area (Å²) in [5.74, 6) is 1.21. The van der Waals surface area contributed by atoms with Crippen LogP contribution in [0.1, 0.15) is 32.6 Å². The molecule has 2 N–H and O–H groups in total. The molecule has 1 aromatic rings. The third kappa shape index (κ3) is 4.90. The topological polar surface area (TPSA) is 58.2 Å². The molecule has 1 unspecified atom stereocenters. The quantitative estimate of drug-likeness (QED) is 0.807. The van der Waals surface area contributed by atoms with Gasteiger partial charge in [0.05, 0.1) is 5.69 Å². The molecule has 1 aliphatic rings. The first-order valence-corrected chi connectivity index (χ1v) is 10.1. The van der Waals surface area contributed by atoms with Crippen LogP contribution in [0.3, 0.4) is 0 Å². The Labute approximate surface area is 132 Å². The highest BCUT2D eigenvalue weighted by atomic mass is 32.2. The van der Waals surface area contributed by atoms with Gasteiger partial charge in [-0.05, 0) is 37.1 Å². The van der Waals surface area contributed by atoms with Crippen LogP contribution in [0.4, 0.5) is 5.69 Å². The van der Waals surface area contributed by atoms with Gasteiger partial charge in [0.2, 0.25) is 10.0 Å². The monoisotopic (exact) mass is 328 g/mol. The largest absolute Gasteiger partial charge is 0.383 e. The summed E-state index contributed by atoms with van der Waals surface area (Å²) in [5.41, 5.74) is 0.701. The van der Waals surface area contributed by atoms with Gasteiger partial charge in [-0.2, -0.15) is 11.8 Å². The number of sulfonamides is 1. The summed E-state index contributed by atoms with van der Waals surface area (Å²) in [6, 6.07) is 7.14. The second kappa shape index (κ2) is 8.06. The fourth-order valence-electron chi connectivity index (χ4n) is 2.35. The summed E-state index contributed by atoms with van der Waals surface area (Å²) in [5, 5.41) is 3.91. The van der Waals surface area contributed by atoms with Crippen molar-refractivity contribution in [1.29, 1.82) is 0 Å². The van der Waals surface area contributed by atoms with Crippen molar-refractivity contribution in [2.45, 2.75) is 42.8 Å². The van der Waals surface area contributed by atoms with E-state index in [-0.39, 0.29) is 0 Å². The van der Waals surface area contributed by atoms with Crippen molar-refractivity contribution in [2.24, 2.45) is 0 Å². The summed E-state index contributed by atoms with van der Waals surface area (Å²) in [7, 11) is -3.43. The van der Waals surface area contributed by atoms with E-state index < -0.39 is 10.0 Å². The van der Waals surface area contributed by atoms with Crippen LogP contribution in [0.15, 0.2) is 29.2 Å². The summed E-state index contributed by atoms with van der Waals surface area (Å²) in [4.78, 5) is 0.347. The van der Waals surface area contributed by atoms with Crippen LogP contribution in [0, 0.1) is 0 Å². The second-order valence-corrected chi connectivity index (χ2v) is 8.41. The number of nitrogens with one attached hydrogen (secondary N) is 2. The van der Waals surface area contributed by atoms with Gasteiger partial charge in [0.25, 0.3) is 0 Å². The van der Waals surface area contributed by atoms with Gasteiger partial charge in [-0.1, -0.05) is 25.5 Å². The normalized spacial score (nSPS) is 19.4. The van der Waals surface area contributed by atoms with Gasteiger partial charge in [0.15, 0.2) is 0 Å². The lowest BCUT2D eigenvalue weighted by Crippen LogP contribution is -2.26. The SMILES string of the molecule is CCCNS(=O)(=O)c1ccccc1NCC1CCCCS1. The Morgan fingerprint density at radius 1 is 1.29 bits per heavy atom. The summed E-state index contributed by atoms with van der Waals surface area (Å²) < 4.78 is 27.2. The van der Waals surface area contributed by atoms with Gasteiger partial charge >= 0.3 is 0 Å². The first-order chi connectivity index (χ1) is 10.1. The van der Waals surface area contributed by atoms with Crippen molar-refractivity contribution in [3.63, 3.8) is 0 Å². The Morgan fingerprint density at radius 3 is 2.81 bits per heavy atom. The van der Waals surface area contributed by atoms with Crippen LogP contribution in [-0.4, -0.2) is 32.5 Å². The van der Waals surface area contributed by atoms with Gasteiger partial charge in [-0.15, -0.1) is 0 Å². The second-order valence-electron chi connectivity index (χ2n) is 5.26. The smallest absolute Gasteiger partial charge is 0.242 e. The molecule has 0 spiro atoms. The molecule has 1 heterocycles. The Hall–Kier alpha value is -0.720. The average molecular weight is 329 g/mol. The molecule has 1 fully saturated rings. The molecule has 21 heavy (non-hydrogen) atoms. The number of thioether (sulfide) groups is 1. The maximum atomic E-state index is 12.3. The Balaban J connectivity index is 2.05. The highest BCUT2D eigenvalue weighted by Gasteiger charge is 2.19. The molecule has 1 aliphatic heterocycles. The van der Waals surface area contributed by atoms with E-state index in [1.54, 1.807) is 12.1 Å². The van der Waals surface area contributed by atoms with Crippen LogP contribution in [0.25, 0.3) is 0 Å². The lowest BCUT2D eigenvalue weighted by Gasteiger charge is -2.22. The molecule has 1 aromatic carbocycles. The van der Waals surface area contributed by atoms with Gasteiger partial charge in [0.1, 0.15) is 4.90 Å². The molecule has 0 amide bonds. The third-order valence-corrected chi connectivity index (χ3v) is 6.43. The number of hydrogen-bond acceptors (Lipinski definition) is 4. The van der Waals surface area contributed by atoms with Crippen molar-refractivity contribution in [3.05, 3.63) is 24.3 Å². The summed E-state index contributed by atoms with van der Waals surface area (Å²) in [6.45, 7) is 3.24. The van der Waals surface area contributed by atoms with E-state index in [1.807, 2.05) is 30.8 Å². The lowest BCUT2D eigenvalue weighted by molar-refractivity contribution is 0.581. The zero-order valence-corrected chi connectivity index (χ0v) is 14.1. The van der Waals surface area contributed by atoms with E-state index in [1.165, 1.54) is 25.0 Å². The van der Waals surface area contributed by atoms with Crippen LogP contribution < -0.4 is 10.0 Å². The highest BCUT2D eigenvalue weighted by molar-refractivity contribution is 8.00. The minimum absolute atomic E-state index is 0.347. The fraction of sp³-hybridized carbons (Fsp3) is 0.600. The molecule has 6 heteroatoms. The van der Waals surface area contributed by atoms with E-state index in [9.17, 15) is 8.42 Å². The molecule has 0 radical (unpaired) electrons. The number of benzene rings is 1. The molecule has 1 saturated heterocycles. The van der Waals surface area contributed by atoms with E-state index >= 15 is 0 Å². The molecular formula is C15H24N2O2S2. The van der Waals surface area contributed by atoms with Gasteiger partial charge in [0, 0.05) is 18.3 Å². The number of rotatable bonds is 7. The van der Waals surface area contributed by atoms with Crippen molar-refractivity contribution < 1.29 is 8.42 Å². The first-order valence-electron chi connectivity index (χ1n) is 7.57. The van der Waals surface area contributed by atoms with Gasteiger partial charge in [-0.25, -0.2) is 13.1 Å². The van der Waals surface area contributed by atoms with E-state index in [0.717, 1.165) is 13.0 Å². The summed E-state index contributed by atoms with van der Waals surface area (Å²) in [6.07, 6.45) is 4.57. The van der Waals surface area contributed by atoms with Crippen molar-refractivity contribution in [3.8, 4) is 0 Å². The predicted octanol–water partition coefficient (Wildman–Crippen LogP) is 3.07. The lowest BCUT2D eigenvalue weighted by atomic mass is 10.2. The minimum atomic E-state index is -3.43. The minimum Gasteiger partial charge on any atom is -0.383 e. The van der Waals surface area contributed by atoms with Crippen molar-refractivity contribution in [2.75, 3.05) is 24.2 Å². The Bertz CT molecular complexity index is 540. The Morgan fingerprint density at radius 2 is 2.10 bits per heavy atom. The fourth-order valence-corrected chi connectivity index (χ4v) is 4.91.